The van der Waals surface area contributed by atoms with Crippen molar-refractivity contribution in [3.05, 3.63) is 53.6 Å². The highest BCUT2D eigenvalue weighted by Gasteiger charge is 2.18. The summed E-state index contributed by atoms with van der Waals surface area (Å²) in [5.74, 6) is 0.115. The Balaban J connectivity index is 1.45. The molecule has 1 atom stereocenters. The summed E-state index contributed by atoms with van der Waals surface area (Å²) >= 11 is 1.44. The summed E-state index contributed by atoms with van der Waals surface area (Å²) in [7, 11) is 1.58. The topological polar surface area (TPSA) is 64.6 Å². The van der Waals surface area contributed by atoms with E-state index < -0.39 is 12.1 Å². The number of ether oxygens (including phenoxy) is 2. The van der Waals surface area contributed by atoms with Gasteiger partial charge in [-0.15, -0.1) is 11.8 Å². The minimum atomic E-state index is -0.861. The molecule has 0 spiro atoms. The van der Waals surface area contributed by atoms with Crippen LogP contribution in [0, 0.1) is 0 Å². The average molecular weight is 385 g/mol. The third kappa shape index (κ3) is 5.26. The number of hydrogen-bond donors (Lipinski definition) is 1. The van der Waals surface area contributed by atoms with E-state index in [1.54, 1.807) is 38.3 Å². The van der Waals surface area contributed by atoms with E-state index in [9.17, 15) is 9.59 Å². The molecule has 1 unspecified atom stereocenters. The van der Waals surface area contributed by atoms with Gasteiger partial charge in [0.25, 0.3) is 5.91 Å². The van der Waals surface area contributed by atoms with Crippen molar-refractivity contribution < 1.29 is 19.1 Å². The summed E-state index contributed by atoms with van der Waals surface area (Å²) in [6.07, 6.45) is 2.59. The number of hydrogen-bond acceptors (Lipinski definition) is 5. The molecule has 1 aliphatic carbocycles. The zero-order chi connectivity index (χ0) is 19.2. The van der Waals surface area contributed by atoms with Gasteiger partial charge >= 0.3 is 5.97 Å². The third-order valence-corrected chi connectivity index (χ3v) is 5.43. The van der Waals surface area contributed by atoms with E-state index in [-0.39, 0.29) is 11.7 Å². The molecular weight excluding hydrogens is 362 g/mol. The van der Waals surface area contributed by atoms with Crippen molar-refractivity contribution in [3.8, 4) is 5.75 Å². The molecule has 5 nitrogen and oxygen atoms in total. The number of rotatable bonds is 7. The van der Waals surface area contributed by atoms with Crippen molar-refractivity contribution >= 4 is 29.3 Å². The molecule has 0 heterocycles. The fraction of sp³-hybridized carbons (Fsp3) is 0.333. The molecule has 0 bridgehead atoms. The van der Waals surface area contributed by atoms with Crippen LogP contribution in [-0.2, 0) is 27.2 Å². The van der Waals surface area contributed by atoms with Crippen molar-refractivity contribution in [2.45, 2.75) is 37.2 Å². The van der Waals surface area contributed by atoms with Crippen LogP contribution in [-0.4, -0.2) is 30.8 Å². The fourth-order valence-corrected chi connectivity index (χ4v) is 3.73. The number of thioether (sulfide) groups is 1. The molecule has 1 aliphatic rings. The van der Waals surface area contributed by atoms with Crippen LogP contribution in [0.1, 0.15) is 24.5 Å². The molecule has 2 aromatic carbocycles. The van der Waals surface area contributed by atoms with Gasteiger partial charge in [-0.2, -0.15) is 0 Å². The van der Waals surface area contributed by atoms with Gasteiger partial charge in [-0.05, 0) is 73.7 Å². The van der Waals surface area contributed by atoms with E-state index in [1.165, 1.54) is 29.3 Å². The maximum absolute atomic E-state index is 12.2. The first-order chi connectivity index (χ1) is 13.0. The molecule has 2 aromatic rings. The Kier molecular flexibility index (Phi) is 6.40. The second-order valence-corrected chi connectivity index (χ2v) is 7.47. The van der Waals surface area contributed by atoms with Crippen molar-refractivity contribution in [1.29, 1.82) is 0 Å². The molecule has 1 N–H and O–H groups in total. The molecule has 0 fully saturated rings. The monoisotopic (exact) mass is 385 g/mol. The lowest BCUT2D eigenvalue weighted by Gasteiger charge is -2.14. The number of carbonyl (C=O) groups excluding carboxylic acids is 2. The Morgan fingerprint density at radius 3 is 2.59 bits per heavy atom. The molecule has 1 amide bonds. The van der Waals surface area contributed by atoms with E-state index >= 15 is 0 Å². The number of nitrogens with one attached hydrogen (secondary N) is 1. The number of amides is 1. The normalized spacial score (nSPS) is 13.6. The number of fused-ring (bicyclic) bond motifs is 1. The van der Waals surface area contributed by atoms with Gasteiger partial charge in [0.2, 0.25) is 0 Å². The third-order valence-electron chi connectivity index (χ3n) is 4.46. The highest BCUT2D eigenvalue weighted by atomic mass is 32.2. The second kappa shape index (κ2) is 8.95. The van der Waals surface area contributed by atoms with E-state index in [4.69, 9.17) is 9.47 Å². The van der Waals surface area contributed by atoms with Crippen molar-refractivity contribution in [2.24, 2.45) is 0 Å². The Labute approximate surface area is 163 Å². The van der Waals surface area contributed by atoms with Crippen molar-refractivity contribution in [2.75, 3.05) is 18.2 Å². The van der Waals surface area contributed by atoms with Crippen molar-refractivity contribution in [3.63, 3.8) is 0 Å². The summed E-state index contributed by atoms with van der Waals surface area (Å²) in [6, 6.07) is 13.3. The lowest BCUT2D eigenvalue weighted by atomic mass is 10.1. The summed E-state index contributed by atoms with van der Waals surface area (Å²) in [5, 5.41) is 2.72. The molecule has 0 aromatic heterocycles. The number of benzene rings is 2. The van der Waals surface area contributed by atoms with Gasteiger partial charge in [-0.25, -0.2) is 0 Å². The van der Waals surface area contributed by atoms with E-state index in [0.29, 0.717) is 11.4 Å². The van der Waals surface area contributed by atoms with Gasteiger partial charge in [0, 0.05) is 10.6 Å². The number of methoxy groups -OCH3 is 1. The van der Waals surface area contributed by atoms with Gasteiger partial charge in [-0.1, -0.05) is 6.07 Å². The molecule has 142 valence electrons. The van der Waals surface area contributed by atoms with Crippen LogP contribution < -0.4 is 10.1 Å². The first-order valence-corrected chi connectivity index (χ1v) is 9.92. The SMILES string of the molecule is COc1ccc(NC(=O)C(C)OC(=O)CSc2ccc3c(c2)CCC3)cc1. The molecule has 0 radical (unpaired) electrons. The van der Waals surface area contributed by atoms with Crippen LogP contribution in [0.2, 0.25) is 0 Å². The summed E-state index contributed by atoms with van der Waals surface area (Å²) < 4.78 is 10.3. The number of carbonyl (C=O) groups is 2. The first-order valence-electron chi connectivity index (χ1n) is 8.94. The fourth-order valence-electron chi connectivity index (χ4n) is 2.98. The minimum absolute atomic E-state index is 0.180. The zero-order valence-electron chi connectivity index (χ0n) is 15.5. The molecule has 0 aliphatic heterocycles. The van der Waals surface area contributed by atoms with Gasteiger partial charge in [0.1, 0.15) is 5.75 Å². The highest BCUT2D eigenvalue weighted by Crippen LogP contribution is 2.27. The molecule has 3 rings (SSSR count). The predicted molar refractivity (Wildman–Crippen MR) is 106 cm³/mol. The molecule has 0 saturated heterocycles. The van der Waals surface area contributed by atoms with Crippen LogP contribution in [0.3, 0.4) is 0 Å². The van der Waals surface area contributed by atoms with Crippen LogP contribution in [0.15, 0.2) is 47.4 Å². The quantitative estimate of drug-likeness (QED) is 0.579. The first kappa shape index (κ1) is 19.3. The Morgan fingerprint density at radius 2 is 1.85 bits per heavy atom. The predicted octanol–water partition coefficient (Wildman–Crippen LogP) is 3.85. The number of aryl methyl sites for hydroxylation is 2. The zero-order valence-corrected chi connectivity index (χ0v) is 16.3. The van der Waals surface area contributed by atoms with E-state index in [1.807, 2.05) is 6.07 Å². The Morgan fingerprint density at radius 1 is 1.11 bits per heavy atom. The average Bonchev–Trinajstić information content (AvgIpc) is 3.14. The standard InChI is InChI=1S/C21H23NO4S/c1-14(21(24)22-17-7-9-18(25-2)10-8-17)26-20(23)13-27-19-11-6-15-4-3-5-16(15)12-19/h6-12,14H,3-5,13H2,1-2H3,(H,22,24). The molecule has 0 saturated carbocycles. The number of anilines is 1. The van der Waals surface area contributed by atoms with Gasteiger partial charge < -0.3 is 14.8 Å². The van der Waals surface area contributed by atoms with Gasteiger partial charge in [-0.3, -0.25) is 9.59 Å². The Hall–Kier alpha value is -2.47. The molecule has 6 heteroatoms. The largest absolute Gasteiger partial charge is 0.497 e. The lowest BCUT2D eigenvalue weighted by molar-refractivity contribution is -0.150. The summed E-state index contributed by atoms with van der Waals surface area (Å²) in [6.45, 7) is 1.57. The van der Waals surface area contributed by atoms with Crippen molar-refractivity contribution in [1.82, 2.24) is 0 Å². The van der Waals surface area contributed by atoms with Crippen LogP contribution in [0.25, 0.3) is 0 Å². The lowest BCUT2D eigenvalue weighted by Crippen LogP contribution is -2.30. The van der Waals surface area contributed by atoms with E-state index in [2.05, 4.69) is 17.4 Å². The van der Waals surface area contributed by atoms with Crippen LogP contribution >= 0.6 is 11.8 Å². The van der Waals surface area contributed by atoms with Gasteiger partial charge in [0.05, 0.1) is 12.9 Å². The van der Waals surface area contributed by atoms with Gasteiger partial charge in [0.15, 0.2) is 6.10 Å². The number of esters is 1. The minimum Gasteiger partial charge on any atom is -0.497 e. The molecular formula is C21H23NO4S. The van der Waals surface area contributed by atoms with Crippen LogP contribution in [0.5, 0.6) is 5.75 Å². The Bertz CT molecular complexity index is 819. The molecule has 27 heavy (non-hydrogen) atoms. The second-order valence-electron chi connectivity index (χ2n) is 6.42. The smallest absolute Gasteiger partial charge is 0.317 e. The highest BCUT2D eigenvalue weighted by molar-refractivity contribution is 8.00. The summed E-state index contributed by atoms with van der Waals surface area (Å²) in [5.41, 5.74) is 3.41. The van der Waals surface area contributed by atoms with E-state index in [0.717, 1.165) is 17.7 Å². The maximum Gasteiger partial charge on any atom is 0.317 e. The van der Waals surface area contributed by atoms with Crippen LogP contribution in [0.4, 0.5) is 5.69 Å². The summed E-state index contributed by atoms with van der Waals surface area (Å²) in [4.78, 5) is 25.3. The maximum atomic E-state index is 12.2.